The van der Waals surface area contributed by atoms with Crippen LogP contribution < -0.4 is 11.1 Å². The number of aliphatic carboxylic acids is 1. The number of rotatable bonds is 6. The van der Waals surface area contributed by atoms with Crippen molar-refractivity contribution in [2.45, 2.75) is 25.8 Å². The monoisotopic (exact) mass is 300 g/mol. The molecule has 22 heavy (non-hydrogen) atoms. The van der Waals surface area contributed by atoms with Gasteiger partial charge in [0.25, 0.3) is 0 Å². The number of hydrogen-bond donors (Lipinski definition) is 3. The molecule has 4 nitrogen and oxygen atoms in total. The molecule has 0 heterocycles. The maximum absolute atomic E-state index is 10.1. The molecule has 0 bridgehead atoms. The van der Waals surface area contributed by atoms with Crippen molar-refractivity contribution in [3.63, 3.8) is 0 Å². The molecule has 0 aliphatic heterocycles. The first-order valence-electron chi connectivity index (χ1n) is 7.38. The van der Waals surface area contributed by atoms with Gasteiger partial charge in [-0.3, -0.25) is 4.79 Å². The second-order valence-corrected chi connectivity index (χ2v) is 5.11. The SMILES string of the molecule is C[C@@H](N)CCc1ccccc1.O=C(O)CNc1ccccc1. The summed E-state index contributed by atoms with van der Waals surface area (Å²) >= 11 is 0. The van der Waals surface area contributed by atoms with Gasteiger partial charge in [-0.05, 0) is 37.5 Å². The molecule has 0 amide bonds. The summed E-state index contributed by atoms with van der Waals surface area (Å²) in [5, 5.41) is 11.1. The maximum atomic E-state index is 10.1. The molecule has 0 radical (unpaired) electrons. The van der Waals surface area contributed by atoms with Gasteiger partial charge < -0.3 is 16.2 Å². The Kier molecular flexibility index (Phi) is 8.38. The van der Waals surface area contributed by atoms with Crippen LogP contribution in [0.4, 0.5) is 5.69 Å². The zero-order valence-electron chi connectivity index (χ0n) is 12.9. The number of aryl methyl sites for hydroxylation is 1. The number of hydrogen-bond acceptors (Lipinski definition) is 3. The first-order chi connectivity index (χ1) is 10.6. The van der Waals surface area contributed by atoms with Crippen LogP contribution in [0, 0.1) is 0 Å². The Bertz CT molecular complexity index is 527. The molecule has 0 spiro atoms. The molecule has 2 rings (SSSR count). The number of carboxylic acids is 1. The summed E-state index contributed by atoms with van der Waals surface area (Å²) in [7, 11) is 0. The predicted octanol–water partition coefficient (Wildman–Crippen LogP) is 3.15. The lowest BCUT2D eigenvalue weighted by atomic mass is 10.1. The number of para-hydroxylation sites is 1. The van der Waals surface area contributed by atoms with Crippen molar-refractivity contribution < 1.29 is 9.90 Å². The van der Waals surface area contributed by atoms with Crippen LogP contribution in [0.1, 0.15) is 18.9 Å². The highest BCUT2D eigenvalue weighted by atomic mass is 16.4. The fourth-order valence-electron chi connectivity index (χ4n) is 1.77. The number of benzene rings is 2. The van der Waals surface area contributed by atoms with Crippen LogP contribution in [0.2, 0.25) is 0 Å². The van der Waals surface area contributed by atoms with E-state index in [-0.39, 0.29) is 6.54 Å². The van der Waals surface area contributed by atoms with Crippen LogP contribution in [-0.4, -0.2) is 23.7 Å². The molecule has 118 valence electrons. The molecule has 4 N–H and O–H groups in total. The lowest BCUT2D eigenvalue weighted by molar-refractivity contribution is -0.134. The topological polar surface area (TPSA) is 75.4 Å². The van der Waals surface area contributed by atoms with E-state index in [0.29, 0.717) is 6.04 Å². The molecule has 0 aliphatic rings. The molecule has 0 saturated carbocycles. The smallest absolute Gasteiger partial charge is 0.322 e. The third kappa shape index (κ3) is 8.76. The number of carbonyl (C=O) groups is 1. The minimum atomic E-state index is -0.853. The highest BCUT2D eigenvalue weighted by Crippen LogP contribution is 2.03. The zero-order valence-corrected chi connectivity index (χ0v) is 12.9. The van der Waals surface area contributed by atoms with Crippen LogP contribution in [0.5, 0.6) is 0 Å². The van der Waals surface area contributed by atoms with Crippen LogP contribution >= 0.6 is 0 Å². The average molecular weight is 300 g/mol. The number of anilines is 1. The number of nitrogens with one attached hydrogen (secondary N) is 1. The zero-order chi connectivity index (χ0) is 16.2. The molecule has 0 unspecified atom stereocenters. The predicted molar refractivity (Wildman–Crippen MR) is 91.0 cm³/mol. The summed E-state index contributed by atoms with van der Waals surface area (Å²) in [6.45, 7) is 2.01. The molecule has 0 aliphatic carbocycles. The number of nitrogens with two attached hydrogens (primary N) is 1. The van der Waals surface area contributed by atoms with Gasteiger partial charge in [-0.2, -0.15) is 0 Å². The van der Waals surface area contributed by atoms with E-state index in [4.69, 9.17) is 10.8 Å². The van der Waals surface area contributed by atoms with Gasteiger partial charge in [0, 0.05) is 11.7 Å². The van der Waals surface area contributed by atoms with E-state index in [2.05, 4.69) is 29.6 Å². The second-order valence-electron chi connectivity index (χ2n) is 5.11. The fourth-order valence-corrected chi connectivity index (χ4v) is 1.77. The van der Waals surface area contributed by atoms with Gasteiger partial charge in [-0.25, -0.2) is 0 Å². The van der Waals surface area contributed by atoms with Crippen molar-refractivity contribution in [1.29, 1.82) is 0 Å². The van der Waals surface area contributed by atoms with Gasteiger partial charge in [0.15, 0.2) is 0 Å². The van der Waals surface area contributed by atoms with Crippen molar-refractivity contribution in [2.24, 2.45) is 5.73 Å². The van der Waals surface area contributed by atoms with E-state index >= 15 is 0 Å². The van der Waals surface area contributed by atoms with E-state index in [1.165, 1.54) is 5.56 Å². The Labute approximate surface area is 132 Å². The molecule has 0 saturated heterocycles. The van der Waals surface area contributed by atoms with Crippen LogP contribution in [-0.2, 0) is 11.2 Å². The van der Waals surface area contributed by atoms with Crippen LogP contribution in [0.15, 0.2) is 60.7 Å². The van der Waals surface area contributed by atoms with Crippen molar-refractivity contribution in [3.05, 3.63) is 66.2 Å². The molecule has 2 aromatic carbocycles. The Morgan fingerprint density at radius 3 is 2.14 bits per heavy atom. The lowest BCUT2D eigenvalue weighted by Crippen LogP contribution is -2.15. The van der Waals surface area contributed by atoms with E-state index in [9.17, 15) is 4.79 Å². The van der Waals surface area contributed by atoms with Crippen LogP contribution in [0.3, 0.4) is 0 Å². The molecule has 4 heteroatoms. The maximum Gasteiger partial charge on any atom is 0.322 e. The van der Waals surface area contributed by atoms with Crippen LogP contribution in [0.25, 0.3) is 0 Å². The van der Waals surface area contributed by atoms with E-state index in [1.807, 2.05) is 43.3 Å². The third-order valence-electron chi connectivity index (χ3n) is 2.95. The standard InChI is InChI=1S/C10H15N.C8H9NO2/c1-9(11)7-8-10-5-3-2-4-6-10;10-8(11)6-9-7-4-2-1-3-5-7/h2-6,9H,7-8,11H2,1H3;1-5,9H,6H2,(H,10,11)/t9-;/m1./s1. The molecule has 0 fully saturated rings. The Morgan fingerprint density at radius 1 is 1.09 bits per heavy atom. The van der Waals surface area contributed by atoms with E-state index in [1.54, 1.807) is 0 Å². The second kappa shape index (κ2) is 10.4. The summed E-state index contributed by atoms with van der Waals surface area (Å²) < 4.78 is 0. The molecular weight excluding hydrogens is 276 g/mol. The Morgan fingerprint density at radius 2 is 1.64 bits per heavy atom. The van der Waals surface area contributed by atoms with Crippen molar-refractivity contribution in [3.8, 4) is 0 Å². The largest absolute Gasteiger partial charge is 0.480 e. The summed E-state index contributed by atoms with van der Waals surface area (Å²) in [4.78, 5) is 10.1. The average Bonchev–Trinajstić information content (AvgIpc) is 2.53. The summed E-state index contributed by atoms with van der Waals surface area (Å²) in [5.74, 6) is -0.853. The first kappa shape index (κ1) is 17.7. The van der Waals surface area contributed by atoms with Crippen molar-refractivity contribution in [2.75, 3.05) is 11.9 Å². The normalized spacial score (nSPS) is 11.0. The highest BCUT2D eigenvalue weighted by molar-refractivity contribution is 5.72. The minimum absolute atomic E-state index is 0.0377. The third-order valence-corrected chi connectivity index (χ3v) is 2.95. The van der Waals surface area contributed by atoms with Gasteiger partial charge in [0.2, 0.25) is 0 Å². The van der Waals surface area contributed by atoms with Gasteiger partial charge in [0.05, 0.1) is 0 Å². The van der Waals surface area contributed by atoms with E-state index < -0.39 is 5.97 Å². The lowest BCUT2D eigenvalue weighted by Gasteiger charge is -2.03. The number of carboxylic acid groups (broad SMARTS) is 1. The molecule has 2 aromatic rings. The van der Waals surface area contributed by atoms with Crippen molar-refractivity contribution >= 4 is 11.7 Å². The highest BCUT2D eigenvalue weighted by Gasteiger charge is 1.95. The molecule has 1 atom stereocenters. The minimum Gasteiger partial charge on any atom is -0.480 e. The van der Waals surface area contributed by atoms with Gasteiger partial charge >= 0.3 is 5.97 Å². The fraction of sp³-hybridized carbons (Fsp3) is 0.278. The molecular formula is C18H24N2O2. The summed E-state index contributed by atoms with van der Waals surface area (Å²) in [5.41, 5.74) is 7.85. The summed E-state index contributed by atoms with van der Waals surface area (Å²) in [6, 6.07) is 20.0. The first-order valence-corrected chi connectivity index (χ1v) is 7.38. The summed E-state index contributed by atoms with van der Waals surface area (Å²) in [6.07, 6.45) is 2.17. The molecule has 0 aromatic heterocycles. The van der Waals surface area contributed by atoms with Crippen molar-refractivity contribution in [1.82, 2.24) is 0 Å². The Balaban J connectivity index is 0.000000220. The van der Waals surface area contributed by atoms with Gasteiger partial charge in [0.1, 0.15) is 6.54 Å². The quantitative estimate of drug-likeness (QED) is 0.766. The van der Waals surface area contributed by atoms with Gasteiger partial charge in [-0.15, -0.1) is 0 Å². The van der Waals surface area contributed by atoms with Gasteiger partial charge in [-0.1, -0.05) is 48.5 Å². The Hall–Kier alpha value is -2.33. The van der Waals surface area contributed by atoms with E-state index in [0.717, 1.165) is 18.5 Å².